The van der Waals surface area contributed by atoms with Crippen LogP contribution in [0.3, 0.4) is 0 Å². The van der Waals surface area contributed by atoms with Crippen molar-refractivity contribution in [2.24, 2.45) is 10.3 Å². The van der Waals surface area contributed by atoms with Crippen LogP contribution in [0.15, 0.2) is 4.40 Å². The average molecular weight is 245 g/mol. The van der Waals surface area contributed by atoms with E-state index in [0.717, 1.165) is 19.4 Å². The molecule has 1 aliphatic rings. The molecule has 1 heterocycles. The van der Waals surface area contributed by atoms with Gasteiger partial charge in [-0.05, 0) is 53.4 Å². The van der Waals surface area contributed by atoms with Crippen LogP contribution in [-0.2, 0) is 15.7 Å². The summed E-state index contributed by atoms with van der Waals surface area (Å²) in [5.41, 5.74) is -0.0713. The fraction of sp³-hybridized carbons (Fsp3) is 0.917. The molecule has 2 atom stereocenters. The van der Waals surface area contributed by atoms with Crippen LogP contribution in [0.1, 0.15) is 47.5 Å². The summed E-state index contributed by atoms with van der Waals surface area (Å²) in [5, 5.41) is 0. The lowest BCUT2D eigenvalue weighted by molar-refractivity contribution is -0.0608. The van der Waals surface area contributed by atoms with Crippen LogP contribution >= 0.6 is 0 Å². The van der Waals surface area contributed by atoms with Crippen LogP contribution in [0, 0.1) is 5.92 Å². The molecule has 0 amide bonds. The highest BCUT2D eigenvalue weighted by atomic mass is 32.2. The van der Waals surface area contributed by atoms with Gasteiger partial charge in [0.2, 0.25) is 0 Å². The maximum absolute atomic E-state index is 11.8. The molecule has 94 valence electrons. The Bertz CT molecular complexity index is 292. The van der Waals surface area contributed by atoms with Gasteiger partial charge >= 0.3 is 0 Å². The second kappa shape index (κ2) is 4.96. The Labute approximate surface area is 101 Å². The van der Waals surface area contributed by atoms with E-state index in [0.29, 0.717) is 5.92 Å². The lowest BCUT2D eigenvalue weighted by atomic mass is 9.89. The minimum atomic E-state index is -1.14. The van der Waals surface area contributed by atoms with E-state index in [-0.39, 0.29) is 10.3 Å². The van der Waals surface area contributed by atoms with Crippen molar-refractivity contribution >= 4 is 17.2 Å². The second-order valence-electron chi connectivity index (χ2n) is 5.98. The Balaban J connectivity index is 2.55. The van der Waals surface area contributed by atoms with Gasteiger partial charge in [-0.2, -0.15) is 4.40 Å². The first-order valence-electron chi connectivity index (χ1n) is 5.81. The van der Waals surface area contributed by atoms with Crippen molar-refractivity contribution in [2.75, 3.05) is 6.61 Å². The molecule has 0 bridgehead atoms. The highest BCUT2D eigenvalue weighted by Crippen LogP contribution is 2.27. The molecule has 0 aromatic rings. The van der Waals surface area contributed by atoms with Crippen molar-refractivity contribution in [2.45, 2.75) is 57.8 Å². The highest BCUT2D eigenvalue weighted by molar-refractivity contribution is 7.85. The zero-order valence-electron chi connectivity index (χ0n) is 10.9. The van der Waals surface area contributed by atoms with Gasteiger partial charge in [0, 0.05) is 12.8 Å². The molecule has 2 unspecified atom stereocenters. The summed E-state index contributed by atoms with van der Waals surface area (Å²) in [6.07, 6.45) is 3.80. The van der Waals surface area contributed by atoms with Gasteiger partial charge in [-0.1, -0.05) is 0 Å². The molecule has 0 aromatic heterocycles. The molecule has 1 aliphatic heterocycles. The number of hydrogen-bond donors (Lipinski definition) is 0. The highest BCUT2D eigenvalue weighted by Gasteiger charge is 2.28. The third kappa shape index (κ3) is 4.34. The van der Waals surface area contributed by atoms with Gasteiger partial charge in [0.15, 0.2) is 0 Å². The Morgan fingerprint density at radius 2 is 2.06 bits per heavy atom. The monoisotopic (exact) mass is 245 g/mol. The molecule has 0 aliphatic carbocycles. The van der Waals surface area contributed by atoms with Crippen LogP contribution in [0.25, 0.3) is 0 Å². The lowest BCUT2D eigenvalue weighted by Crippen LogP contribution is -2.34. The van der Waals surface area contributed by atoms with Crippen molar-refractivity contribution in [3.05, 3.63) is 0 Å². The summed E-state index contributed by atoms with van der Waals surface area (Å²) in [6, 6.07) is 0. The fourth-order valence-electron chi connectivity index (χ4n) is 1.71. The summed E-state index contributed by atoms with van der Waals surface area (Å²) >= 11 is 0. The van der Waals surface area contributed by atoms with Crippen LogP contribution < -0.4 is 0 Å². The Morgan fingerprint density at radius 3 is 2.56 bits per heavy atom. The Kier molecular flexibility index (Phi) is 4.29. The van der Waals surface area contributed by atoms with E-state index < -0.39 is 11.0 Å². The largest absolute Gasteiger partial charge is 0.376 e. The number of ether oxygens (including phenoxy) is 1. The van der Waals surface area contributed by atoms with Gasteiger partial charge in [0.05, 0.1) is 10.3 Å². The topological polar surface area (TPSA) is 38.7 Å². The summed E-state index contributed by atoms with van der Waals surface area (Å²) in [7, 11) is -1.14. The summed E-state index contributed by atoms with van der Waals surface area (Å²) in [5.74, 6) is 0.398. The zero-order valence-corrected chi connectivity index (χ0v) is 11.8. The summed E-state index contributed by atoms with van der Waals surface area (Å²) < 4.78 is 21.3. The number of hydrogen-bond acceptors (Lipinski definition) is 2. The van der Waals surface area contributed by atoms with Crippen molar-refractivity contribution < 1.29 is 8.95 Å². The molecule has 1 rings (SSSR count). The third-order valence-corrected chi connectivity index (χ3v) is 3.99. The zero-order chi connectivity index (χ0) is 12.4. The normalized spacial score (nSPS) is 28.2. The standard InChI is InChI=1S/C12H23NO2S/c1-11(2,3)16(14)13-9-10-6-7-15-12(4,5)8-10/h9-10H,6-8H2,1-5H3/b13-9+. The summed E-state index contributed by atoms with van der Waals surface area (Å²) in [6.45, 7) is 10.8. The van der Waals surface area contributed by atoms with Crippen molar-refractivity contribution in [3.63, 3.8) is 0 Å². The van der Waals surface area contributed by atoms with E-state index in [2.05, 4.69) is 18.2 Å². The van der Waals surface area contributed by atoms with E-state index in [1.165, 1.54) is 0 Å². The van der Waals surface area contributed by atoms with Crippen LogP contribution in [-0.4, -0.2) is 27.4 Å². The van der Waals surface area contributed by atoms with Gasteiger partial charge in [-0.3, -0.25) is 0 Å². The molecule has 0 spiro atoms. The fourth-order valence-corrected chi connectivity index (χ4v) is 2.30. The molecule has 0 aromatic carbocycles. The Hall–Kier alpha value is -0.220. The van der Waals surface area contributed by atoms with Gasteiger partial charge in [0.1, 0.15) is 11.0 Å². The van der Waals surface area contributed by atoms with Crippen molar-refractivity contribution in [3.8, 4) is 0 Å². The molecule has 1 saturated heterocycles. The molecule has 0 N–H and O–H groups in total. The second-order valence-corrected chi connectivity index (χ2v) is 7.91. The first-order valence-corrected chi connectivity index (χ1v) is 6.91. The molecule has 4 heteroatoms. The van der Waals surface area contributed by atoms with E-state index in [1.807, 2.05) is 27.0 Å². The lowest BCUT2D eigenvalue weighted by Gasteiger charge is -2.33. The van der Waals surface area contributed by atoms with Gasteiger partial charge in [-0.25, -0.2) is 4.21 Å². The molecular weight excluding hydrogens is 222 g/mol. The molecule has 3 nitrogen and oxygen atoms in total. The third-order valence-electron chi connectivity index (χ3n) is 2.63. The SMILES string of the molecule is CC1(C)CC(/C=N/S(=O)C(C)(C)C)CCO1. The first kappa shape index (κ1) is 13.8. The van der Waals surface area contributed by atoms with E-state index in [4.69, 9.17) is 4.74 Å². The average Bonchev–Trinajstić information content (AvgIpc) is 2.11. The molecular formula is C12H23NO2S. The van der Waals surface area contributed by atoms with Crippen molar-refractivity contribution in [1.29, 1.82) is 0 Å². The number of nitrogens with zero attached hydrogens (tertiary/aromatic N) is 1. The minimum Gasteiger partial charge on any atom is -0.376 e. The van der Waals surface area contributed by atoms with E-state index in [9.17, 15) is 4.21 Å². The first-order chi connectivity index (χ1) is 7.21. The van der Waals surface area contributed by atoms with Gasteiger partial charge < -0.3 is 4.74 Å². The predicted molar refractivity (Wildman–Crippen MR) is 69.1 cm³/mol. The van der Waals surface area contributed by atoms with E-state index in [1.54, 1.807) is 0 Å². The molecule has 1 fully saturated rings. The quantitative estimate of drug-likeness (QED) is 0.702. The molecule has 16 heavy (non-hydrogen) atoms. The summed E-state index contributed by atoms with van der Waals surface area (Å²) in [4.78, 5) is 0. The number of rotatable bonds is 2. The van der Waals surface area contributed by atoms with Gasteiger partial charge in [-0.15, -0.1) is 0 Å². The minimum absolute atomic E-state index is 0.0713. The van der Waals surface area contributed by atoms with Crippen LogP contribution in [0.5, 0.6) is 0 Å². The van der Waals surface area contributed by atoms with Gasteiger partial charge in [0.25, 0.3) is 0 Å². The molecule has 0 radical (unpaired) electrons. The van der Waals surface area contributed by atoms with Crippen LogP contribution in [0.4, 0.5) is 0 Å². The van der Waals surface area contributed by atoms with E-state index >= 15 is 0 Å². The predicted octanol–water partition coefficient (Wildman–Crippen LogP) is 2.72. The Morgan fingerprint density at radius 1 is 1.44 bits per heavy atom. The van der Waals surface area contributed by atoms with Crippen LogP contribution in [0.2, 0.25) is 0 Å². The van der Waals surface area contributed by atoms with Crippen molar-refractivity contribution in [1.82, 2.24) is 0 Å². The smallest absolute Gasteiger partial charge is 0.144 e. The maximum atomic E-state index is 11.8. The molecule has 0 saturated carbocycles. The maximum Gasteiger partial charge on any atom is 0.144 e.